The van der Waals surface area contributed by atoms with Gasteiger partial charge < -0.3 is 10.6 Å². The van der Waals surface area contributed by atoms with E-state index in [0.717, 1.165) is 25.7 Å². The van der Waals surface area contributed by atoms with Gasteiger partial charge in [-0.05, 0) is 31.9 Å². The second kappa shape index (κ2) is 8.14. The average Bonchev–Trinajstić information content (AvgIpc) is 2.56. The number of anilines is 1. The van der Waals surface area contributed by atoms with Crippen LogP contribution in [0.25, 0.3) is 0 Å². The van der Waals surface area contributed by atoms with Gasteiger partial charge in [-0.15, -0.1) is 0 Å². The van der Waals surface area contributed by atoms with Crippen LogP contribution in [0.1, 0.15) is 49.4 Å². The number of hydrogen-bond donors (Lipinski definition) is 2. The molecule has 1 aliphatic rings. The van der Waals surface area contributed by atoms with Gasteiger partial charge in [-0.1, -0.05) is 31.4 Å². The Morgan fingerprint density at radius 2 is 2.00 bits per heavy atom. The minimum Gasteiger partial charge on any atom is -0.360 e. The van der Waals surface area contributed by atoms with Crippen molar-refractivity contribution in [2.45, 2.75) is 45.1 Å². The summed E-state index contributed by atoms with van der Waals surface area (Å²) < 4.78 is 0. The summed E-state index contributed by atoms with van der Waals surface area (Å²) >= 11 is 0. The Morgan fingerprint density at radius 1 is 1.26 bits per heavy atom. The van der Waals surface area contributed by atoms with Crippen molar-refractivity contribution in [3.05, 3.63) is 41.6 Å². The summed E-state index contributed by atoms with van der Waals surface area (Å²) in [7, 11) is 0. The average molecular weight is 311 g/mol. The molecule has 5 nitrogen and oxygen atoms in total. The minimum absolute atomic E-state index is 0.0313. The number of nitrogens with zero attached hydrogens (tertiary/aromatic N) is 1. The molecule has 0 radical (unpaired) electrons. The number of rotatable bonds is 5. The molecule has 1 aromatic rings. The van der Waals surface area contributed by atoms with Gasteiger partial charge in [0.15, 0.2) is 5.78 Å². The number of amides is 1. The van der Waals surface area contributed by atoms with Crippen LogP contribution in [0.2, 0.25) is 0 Å². The topological polar surface area (TPSA) is 82.0 Å². The minimum atomic E-state index is -0.352. The third-order valence-electron chi connectivity index (χ3n) is 3.96. The first-order chi connectivity index (χ1) is 11.1. The molecule has 0 spiro atoms. The molecular weight excluding hydrogens is 290 g/mol. The monoisotopic (exact) mass is 311 g/mol. The molecule has 2 rings (SSSR count). The maximum Gasteiger partial charge on any atom is 0.263 e. The summed E-state index contributed by atoms with van der Waals surface area (Å²) in [6, 6.07) is 9.01. The predicted octanol–water partition coefficient (Wildman–Crippen LogP) is 3.16. The Bertz CT molecular complexity index is 652. The summed E-state index contributed by atoms with van der Waals surface area (Å²) in [5.41, 5.74) is 1.27. The highest BCUT2D eigenvalue weighted by molar-refractivity contribution is 5.98. The summed E-state index contributed by atoms with van der Waals surface area (Å²) in [5, 5.41) is 15.0. The second-order valence-corrected chi connectivity index (χ2v) is 5.76. The van der Waals surface area contributed by atoms with Crippen LogP contribution in [0.15, 0.2) is 36.0 Å². The van der Waals surface area contributed by atoms with Crippen molar-refractivity contribution in [2.75, 3.05) is 5.32 Å². The highest BCUT2D eigenvalue weighted by Gasteiger charge is 2.17. The van der Waals surface area contributed by atoms with Crippen LogP contribution < -0.4 is 10.6 Å². The van der Waals surface area contributed by atoms with Gasteiger partial charge in [0, 0.05) is 23.5 Å². The van der Waals surface area contributed by atoms with Crippen LogP contribution in [-0.4, -0.2) is 17.7 Å². The van der Waals surface area contributed by atoms with Gasteiger partial charge in [-0.3, -0.25) is 9.59 Å². The van der Waals surface area contributed by atoms with Crippen molar-refractivity contribution >= 4 is 17.4 Å². The van der Waals surface area contributed by atoms with E-state index in [1.807, 2.05) is 6.07 Å². The molecule has 0 saturated heterocycles. The fourth-order valence-corrected chi connectivity index (χ4v) is 2.64. The zero-order valence-electron chi connectivity index (χ0n) is 13.3. The molecule has 1 fully saturated rings. The van der Waals surface area contributed by atoms with E-state index in [-0.39, 0.29) is 23.3 Å². The van der Waals surface area contributed by atoms with Gasteiger partial charge in [-0.2, -0.15) is 5.26 Å². The Hall–Kier alpha value is -2.61. The molecule has 1 saturated carbocycles. The van der Waals surface area contributed by atoms with Crippen LogP contribution in [0, 0.1) is 11.3 Å². The van der Waals surface area contributed by atoms with Gasteiger partial charge in [-0.25, -0.2) is 0 Å². The number of carbonyl (C=O) groups is 2. The Balaban J connectivity index is 2.00. The molecule has 1 aliphatic carbocycles. The number of nitrogens with one attached hydrogen (secondary N) is 2. The van der Waals surface area contributed by atoms with Crippen LogP contribution in [0.5, 0.6) is 0 Å². The molecule has 120 valence electrons. The lowest BCUT2D eigenvalue weighted by atomic mass is 9.95. The maximum atomic E-state index is 12.1. The molecule has 0 atom stereocenters. The van der Waals surface area contributed by atoms with Gasteiger partial charge in [0.05, 0.1) is 0 Å². The Morgan fingerprint density at radius 3 is 2.65 bits per heavy atom. The molecule has 2 N–H and O–H groups in total. The predicted molar refractivity (Wildman–Crippen MR) is 88.8 cm³/mol. The van der Waals surface area contributed by atoms with Crippen LogP contribution in [-0.2, 0) is 4.79 Å². The van der Waals surface area contributed by atoms with E-state index in [2.05, 4.69) is 10.6 Å². The molecule has 5 heteroatoms. The van der Waals surface area contributed by atoms with Gasteiger partial charge in [0.2, 0.25) is 0 Å². The Labute approximate surface area is 136 Å². The van der Waals surface area contributed by atoms with Crippen molar-refractivity contribution in [1.29, 1.82) is 5.26 Å². The zero-order chi connectivity index (χ0) is 16.7. The summed E-state index contributed by atoms with van der Waals surface area (Å²) in [6.45, 7) is 1.49. The third kappa shape index (κ3) is 4.96. The third-order valence-corrected chi connectivity index (χ3v) is 3.96. The smallest absolute Gasteiger partial charge is 0.263 e. The van der Waals surface area contributed by atoms with E-state index >= 15 is 0 Å². The van der Waals surface area contributed by atoms with E-state index in [0.29, 0.717) is 11.3 Å². The molecule has 0 bridgehead atoms. The summed E-state index contributed by atoms with van der Waals surface area (Å²) in [5.74, 6) is -0.386. The first-order valence-corrected chi connectivity index (χ1v) is 7.89. The van der Waals surface area contributed by atoms with Gasteiger partial charge >= 0.3 is 0 Å². The van der Waals surface area contributed by atoms with Crippen molar-refractivity contribution < 1.29 is 9.59 Å². The fourth-order valence-electron chi connectivity index (χ4n) is 2.64. The number of benzene rings is 1. The van der Waals surface area contributed by atoms with Crippen molar-refractivity contribution in [1.82, 2.24) is 5.32 Å². The number of carbonyl (C=O) groups excluding carboxylic acids is 2. The zero-order valence-corrected chi connectivity index (χ0v) is 13.3. The molecule has 0 unspecified atom stereocenters. The first-order valence-electron chi connectivity index (χ1n) is 7.89. The van der Waals surface area contributed by atoms with Crippen molar-refractivity contribution in [2.24, 2.45) is 0 Å². The van der Waals surface area contributed by atoms with Crippen LogP contribution in [0.4, 0.5) is 5.69 Å². The van der Waals surface area contributed by atoms with Crippen molar-refractivity contribution in [3.8, 4) is 6.07 Å². The van der Waals surface area contributed by atoms with E-state index in [4.69, 9.17) is 0 Å². The normalized spacial score (nSPS) is 15.6. The van der Waals surface area contributed by atoms with E-state index in [1.54, 1.807) is 24.3 Å². The SMILES string of the molecule is CC(=O)c1cccc(N/C=C(/C#N)C(=O)NC2CCCCC2)c1. The fraction of sp³-hybridized carbons (Fsp3) is 0.389. The highest BCUT2D eigenvalue weighted by atomic mass is 16.1. The lowest BCUT2D eigenvalue weighted by molar-refractivity contribution is -0.118. The molecule has 0 aliphatic heterocycles. The quantitative estimate of drug-likeness (QED) is 0.497. The summed E-state index contributed by atoms with van der Waals surface area (Å²) in [4.78, 5) is 23.5. The largest absolute Gasteiger partial charge is 0.360 e. The number of nitriles is 1. The lowest BCUT2D eigenvalue weighted by Crippen LogP contribution is -2.37. The molecule has 0 aromatic heterocycles. The first kappa shape index (κ1) is 16.8. The van der Waals surface area contributed by atoms with E-state index in [9.17, 15) is 14.9 Å². The molecule has 1 amide bonds. The Kier molecular flexibility index (Phi) is 5.93. The number of Topliss-reactive ketones (excluding diaryl/α,β-unsaturated/α-hetero) is 1. The maximum absolute atomic E-state index is 12.1. The highest BCUT2D eigenvalue weighted by Crippen LogP contribution is 2.18. The lowest BCUT2D eigenvalue weighted by Gasteiger charge is -2.22. The second-order valence-electron chi connectivity index (χ2n) is 5.76. The standard InChI is InChI=1S/C18H21N3O2/c1-13(22)14-6-5-9-17(10-14)20-12-15(11-19)18(23)21-16-7-3-2-4-8-16/h5-6,9-10,12,16,20H,2-4,7-8H2,1H3,(H,21,23)/b15-12-. The van der Waals surface area contributed by atoms with E-state index in [1.165, 1.54) is 19.5 Å². The molecule has 0 heterocycles. The van der Waals surface area contributed by atoms with Gasteiger partial charge in [0.25, 0.3) is 5.91 Å². The summed E-state index contributed by atoms with van der Waals surface area (Å²) in [6.07, 6.45) is 6.77. The van der Waals surface area contributed by atoms with Crippen LogP contribution in [0.3, 0.4) is 0 Å². The molecule has 23 heavy (non-hydrogen) atoms. The van der Waals surface area contributed by atoms with Crippen molar-refractivity contribution in [3.63, 3.8) is 0 Å². The van der Waals surface area contributed by atoms with E-state index < -0.39 is 0 Å². The van der Waals surface area contributed by atoms with Crippen LogP contribution >= 0.6 is 0 Å². The molecular formula is C18H21N3O2. The van der Waals surface area contributed by atoms with Gasteiger partial charge in [0.1, 0.15) is 11.6 Å². The number of ketones is 1. The number of hydrogen-bond acceptors (Lipinski definition) is 4. The molecule has 1 aromatic carbocycles.